The number of ketones is 1. The Kier molecular flexibility index (Phi) is 4.05. The predicted octanol–water partition coefficient (Wildman–Crippen LogP) is 2.56. The van der Waals surface area contributed by atoms with E-state index in [0.29, 0.717) is 23.6 Å². The summed E-state index contributed by atoms with van der Waals surface area (Å²) >= 11 is 0. The Morgan fingerprint density at radius 3 is 2.60 bits per heavy atom. The molecule has 6 nitrogen and oxygen atoms in total. The fourth-order valence-electron chi connectivity index (χ4n) is 1.51. The molecule has 0 saturated heterocycles. The third kappa shape index (κ3) is 3.17. The first kappa shape index (κ1) is 13.7. The number of carboxylic acids is 1. The zero-order chi connectivity index (χ0) is 14.5. The van der Waals surface area contributed by atoms with Crippen LogP contribution >= 0.6 is 0 Å². The van der Waals surface area contributed by atoms with Crippen molar-refractivity contribution >= 4 is 11.8 Å². The van der Waals surface area contributed by atoms with Gasteiger partial charge >= 0.3 is 5.97 Å². The molecule has 0 aliphatic rings. The minimum atomic E-state index is -1.08. The summed E-state index contributed by atoms with van der Waals surface area (Å²) in [6.45, 7) is 1.76. The van der Waals surface area contributed by atoms with Gasteiger partial charge in [0.15, 0.2) is 5.78 Å². The molecule has 2 aromatic heterocycles. The highest BCUT2D eigenvalue weighted by molar-refractivity contribution is 5.93. The van der Waals surface area contributed by atoms with Gasteiger partial charge in [-0.15, -0.1) is 0 Å². The summed E-state index contributed by atoms with van der Waals surface area (Å²) in [7, 11) is 0. The molecule has 0 atom stereocenters. The van der Waals surface area contributed by atoms with Crippen LogP contribution in [0, 0.1) is 0 Å². The molecule has 1 N–H and O–H groups in total. The lowest BCUT2D eigenvalue weighted by atomic mass is 10.2. The number of pyridine rings is 2. The van der Waals surface area contributed by atoms with Crippen LogP contribution in [0.1, 0.15) is 34.2 Å². The Morgan fingerprint density at radius 1 is 1.20 bits per heavy atom. The fraction of sp³-hybridized carbons (Fsp3) is 0.143. The summed E-state index contributed by atoms with van der Waals surface area (Å²) in [4.78, 5) is 30.0. The van der Waals surface area contributed by atoms with Gasteiger partial charge in [-0.05, 0) is 18.2 Å². The Balaban J connectivity index is 2.16. The van der Waals surface area contributed by atoms with E-state index in [4.69, 9.17) is 9.84 Å². The molecule has 102 valence electrons. The number of Topliss-reactive ketones (excluding diaryl/α,β-unsaturated/α-hetero) is 1. The van der Waals surface area contributed by atoms with Gasteiger partial charge in [-0.2, -0.15) is 0 Å². The Morgan fingerprint density at radius 2 is 2.00 bits per heavy atom. The Bertz CT molecular complexity index is 638. The molecule has 2 aromatic rings. The average molecular weight is 272 g/mol. The van der Waals surface area contributed by atoms with Gasteiger partial charge in [-0.25, -0.2) is 9.78 Å². The Hall–Kier alpha value is -2.76. The summed E-state index contributed by atoms with van der Waals surface area (Å²) in [6, 6.07) is 4.53. The number of rotatable bonds is 5. The molecular formula is C14H12N2O4. The van der Waals surface area contributed by atoms with Crippen LogP contribution in [0.25, 0.3) is 0 Å². The van der Waals surface area contributed by atoms with E-state index in [1.165, 1.54) is 24.7 Å². The van der Waals surface area contributed by atoms with Crippen molar-refractivity contribution in [2.75, 3.05) is 0 Å². The zero-order valence-electron chi connectivity index (χ0n) is 10.7. The maximum Gasteiger partial charge on any atom is 0.337 e. The maximum atomic E-state index is 11.4. The third-order valence-corrected chi connectivity index (χ3v) is 2.54. The molecule has 2 rings (SSSR count). The van der Waals surface area contributed by atoms with Crippen LogP contribution in [0.2, 0.25) is 0 Å². The third-order valence-electron chi connectivity index (χ3n) is 2.54. The summed E-state index contributed by atoms with van der Waals surface area (Å²) in [5, 5.41) is 8.85. The molecule has 0 unspecified atom stereocenters. The second-order valence-corrected chi connectivity index (χ2v) is 3.97. The molecule has 0 amide bonds. The van der Waals surface area contributed by atoms with Gasteiger partial charge in [0, 0.05) is 12.6 Å². The van der Waals surface area contributed by atoms with Crippen LogP contribution in [0.5, 0.6) is 11.5 Å². The number of ether oxygens (including phenoxy) is 1. The van der Waals surface area contributed by atoms with Gasteiger partial charge in [-0.3, -0.25) is 9.78 Å². The number of aromatic nitrogens is 2. The fourth-order valence-corrected chi connectivity index (χ4v) is 1.51. The van der Waals surface area contributed by atoms with Crippen LogP contribution < -0.4 is 4.74 Å². The highest BCUT2D eigenvalue weighted by Gasteiger charge is 2.07. The highest BCUT2D eigenvalue weighted by Crippen LogP contribution is 2.20. The van der Waals surface area contributed by atoms with Crippen molar-refractivity contribution in [3.05, 3.63) is 48.0 Å². The van der Waals surface area contributed by atoms with Crippen LogP contribution in [0.4, 0.5) is 0 Å². The maximum absolute atomic E-state index is 11.4. The van der Waals surface area contributed by atoms with E-state index >= 15 is 0 Å². The summed E-state index contributed by atoms with van der Waals surface area (Å²) < 4.78 is 5.44. The van der Waals surface area contributed by atoms with E-state index in [-0.39, 0.29) is 11.3 Å². The van der Waals surface area contributed by atoms with Crippen molar-refractivity contribution < 1.29 is 19.4 Å². The van der Waals surface area contributed by atoms with E-state index < -0.39 is 5.97 Å². The smallest absolute Gasteiger partial charge is 0.337 e. The molecular weight excluding hydrogens is 260 g/mol. The van der Waals surface area contributed by atoms with Crippen LogP contribution in [0.15, 0.2) is 36.8 Å². The number of hydrogen-bond acceptors (Lipinski definition) is 5. The molecule has 20 heavy (non-hydrogen) atoms. The van der Waals surface area contributed by atoms with Crippen molar-refractivity contribution in [3.8, 4) is 11.5 Å². The van der Waals surface area contributed by atoms with E-state index in [9.17, 15) is 9.59 Å². The average Bonchev–Trinajstić information content (AvgIpc) is 2.47. The minimum Gasteiger partial charge on any atom is -0.478 e. The summed E-state index contributed by atoms with van der Waals surface area (Å²) in [5.41, 5.74) is 0.408. The molecule has 0 fully saturated rings. The van der Waals surface area contributed by atoms with Gasteiger partial charge in [-0.1, -0.05) is 6.92 Å². The lowest BCUT2D eigenvalue weighted by molar-refractivity contribution is 0.0695. The van der Waals surface area contributed by atoms with Gasteiger partial charge in [0.05, 0.1) is 18.0 Å². The molecule has 6 heteroatoms. The molecule has 0 radical (unpaired) electrons. The lowest BCUT2D eigenvalue weighted by Crippen LogP contribution is -2.00. The second-order valence-electron chi connectivity index (χ2n) is 3.97. The van der Waals surface area contributed by atoms with Crippen molar-refractivity contribution in [1.29, 1.82) is 0 Å². The molecule has 0 bridgehead atoms. The first-order chi connectivity index (χ1) is 9.60. The lowest BCUT2D eigenvalue weighted by Gasteiger charge is -2.06. The largest absolute Gasteiger partial charge is 0.478 e. The van der Waals surface area contributed by atoms with E-state index in [1.54, 1.807) is 19.1 Å². The highest BCUT2D eigenvalue weighted by atomic mass is 16.5. The number of nitrogens with zero attached hydrogens (tertiary/aromatic N) is 2. The van der Waals surface area contributed by atoms with Crippen LogP contribution in [-0.4, -0.2) is 26.8 Å². The quantitative estimate of drug-likeness (QED) is 0.841. The van der Waals surface area contributed by atoms with Crippen molar-refractivity contribution in [1.82, 2.24) is 9.97 Å². The molecule has 0 spiro atoms. The van der Waals surface area contributed by atoms with E-state index in [2.05, 4.69) is 9.97 Å². The van der Waals surface area contributed by atoms with Crippen molar-refractivity contribution in [3.63, 3.8) is 0 Å². The van der Waals surface area contributed by atoms with Crippen molar-refractivity contribution in [2.24, 2.45) is 0 Å². The number of carbonyl (C=O) groups excluding carboxylic acids is 1. The van der Waals surface area contributed by atoms with Gasteiger partial charge < -0.3 is 9.84 Å². The predicted molar refractivity (Wildman–Crippen MR) is 70.1 cm³/mol. The monoisotopic (exact) mass is 272 g/mol. The van der Waals surface area contributed by atoms with E-state index in [0.717, 1.165) is 0 Å². The number of hydrogen-bond donors (Lipinski definition) is 1. The van der Waals surface area contributed by atoms with Crippen LogP contribution in [-0.2, 0) is 0 Å². The number of aromatic carboxylic acids is 1. The normalized spacial score (nSPS) is 10.1. The second kappa shape index (κ2) is 5.92. The first-order valence-corrected chi connectivity index (χ1v) is 5.95. The van der Waals surface area contributed by atoms with Gasteiger partial charge in [0.2, 0.25) is 0 Å². The number of carbonyl (C=O) groups is 2. The standard InChI is InChI=1S/C14H12N2O4/c1-2-13(17)12-4-3-10(8-16-12)20-11-5-9(14(18)19)6-15-7-11/h3-8H,2H2,1H3,(H,18,19). The van der Waals surface area contributed by atoms with Crippen molar-refractivity contribution in [2.45, 2.75) is 13.3 Å². The molecule has 0 saturated carbocycles. The minimum absolute atomic E-state index is 0.0354. The van der Waals surface area contributed by atoms with E-state index in [1.807, 2.05) is 0 Å². The molecule has 2 heterocycles. The molecule has 0 aromatic carbocycles. The summed E-state index contributed by atoms with van der Waals surface area (Å²) in [5.74, 6) is -0.431. The zero-order valence-corrected chi connectivity index (χ0v) is 10.7. The SMILES string of the molecule is CCC(=O)c1ccc(Oc2cncc(C(=O)O)c2)cn1. The Labute approximate surface area is 115 Å². The molecule has 0 aliphatic carbocycles. The van der Waals surface area contributed by atoms with Gasteiger partial charge in [0.1, 0.15) is 17.2 Å². The van der Waals surface area contributed by atoms with Crippen LogP contribution in [0.3, 0.4) is 0 Å². The molecule has 0 aliphatic heterocycles. The first-order valence-electron chi connectivity index (χ1n) is 5.95. The van der Waals surface area contributed by atoms with Gasteiger partial charge in [0.25, 0.3) is 0 Å². The summed E-state index contributed by atoms with van der Waals surface area (Å²) in [6.07, 6.45) is 4.43. The topological polar surface area (TPSA) is 89.4 Å². The number of carboxylic acid groups (broad SMARTS) is 1.